The van der Waals surface area contributed by atoms with E-state index in [2.05, 4.69) is 128 Å². The maximum atomic E-state index is 9.70. The smallest absolute Gasteiger partial charge is 0.137 e. The Morgan fingerprint density at radius 1 is 0.500 bits per heavy atom. The standard InChI is InChI=1S/C69H66N2O/c1-66(2,3)44-23-27-50(28-24-44)70(48-17-11-9-12-18-48)52-31-32-54-60(40-52)72-59-34-33-55-61-57(69(64(55)63(54)59)46-36-42-35-43(38-46)39-47(69)37-42)41-58(62-53-21-15-16-22-56(53)68(7,8)65(61)62)71(49-19-13-10-14-20-49)51-29-25-45(26-30-51)67(4,5)6/h9-34,40-43,46-47H,35-39H2,1-8H3/i9D,10D,11D,12D,13D,14D,17D,18D,19D,20D. The summed E-state index contributed by atoms with van der Waals surface area (Å²) in [6.45, 7) is 17.6. The molecular weight excluding hydrogens is 873 g/mol. The summed E-state index contributed by atoms with van der Waals surface area (Å²) in [6.07, 6.45) is 5.58. The maximum absolute atomic E-state index is 9.70. The highest BCUT2D eigenvalue weighted by atomic mass is 16.3. The summed E-state index contributed by atoms with van der Waals surface area (Å²) in [4.78, 5) is 3.75. The summed E-state index contributed by atoms with van der Waals surface area (Å²) in [5.41, 5.74) is 14.4. The van der Waals surface area contributed by atoms with Gasteiger partial charge in [0.25, 0.3) is 0 Å². The molecule has 8 aromatic carbocycles. The third-order valence-corrected chi connectivity index (χ3v) is 17.9. The fourth-order valence-corrected chi connectivity index (χ4v) is 15.0. The van der Waals surface area contributed by atoms with Crippen LogP contribution in [0.25, 0.3) is 44.2 Å². The molecule has 4 bridgehead atoms. The van der Waals surface area contributed by atoms with Gasteiger partial charge >= 0.3 is 0 Å². The molecule has 72 heavy (non-hydrogen) atoms. The third-order valence-electron chi connectivity index (χ3n) is 17.9. The molecule has 1 spiro atoms. The van der Waals surface area contributed by atoms with Crippen molar-refractivity contribution in [3.05, 3.63) is 203 Å². The zero-order valence-electron chi connectivity index (χ0n) is 52.5. The van der Waals surface area contributed by atoms with E-state index in [1.807, 2.05) is 41.3 Å². The Morgan fingerprint density at radius 3 is 1.65 bits per heavy atom. The number of para-hydroxylation sites is 2. The van der Waals surface area contributed by atoms with E-state index in [1.54, 1.807) is 4.90 Å². The van der Waals surface area contributed by atoms with Crippen molar-refractivity contribution in [2.75, 3.05) is 9.80 Å². The molecule has 6 aliphatic rings. The first kappa shape index (κ1) is 34.5. The second-order valence-electron chi connectivity index (χ2n) is 24.3. The van der Waals surface area contributed by atoms with Crippen LogP contribution in [0.5, 0.6) is 0 Å². The first-order chi connectivity index (χ1) is 38.8. The molecule has 0 saturated heterocycles. The number of hydrogen-bond acceptors (Lipinski definition) is 3. The second-order valence-corrected chi connectivity index (χ2v) is 24.3. The number of rotatable bonds is 6. The van der Waals surface area contributed by atoms with Crippen molar-refractivity contribution >= 4 is 56.1 Å². The number of nitrogens with zero attached hydrogens (tertiary/aromatic N) is 2. The van der Waals surface area contributed by atoms with Crippen LogP contribution in [-0.4, -0.2) is 0 Å². The number of anilines is 6. The van der Waals surface area contributed by atoms with E-state index in [4.69, 9.17) is 12.6 Å². The molecule has 15 rings (SSSR count). The van der Waals surface area contributed by atoms with Gasteiger partial charge in [0, 0.05) is 61.7 Å². The van der Waals surface area contributed by atoms with Crippen LogP contribution in [0.3, 0.4) is 0 Å². The van der Waals surface area contributed by atoms with Crippen LogP contribution in [0, 0.1) is 23.7 Å². The quantitative estimate of drug-likeness (QED) is 0.166. The Kier molecular flexibility index (Phi) is 7.35. The molecule has 4 fully saturated rings. The third kappa shape index (κ3) is 6.21. The van der Waals surface area contributed by atoms with Crippen LogP contribution >= 0.6 is 0 Å². The molecule has 3 heteroatoms. The van der Waals surface area contributed by atoms with Gasteiger partial charge in [-0.3, -0.25) is 0 Å². The van der Waals surface area contributed by atoms with Gasteiger partial charge in [0.1, 0.15) is 11.2 Å². The minimum Gasteiger partial charge on any atom is -0.456 e. The topological polar surface area (TPSA) is 19.6 Å². The summed E-state index contributed by atoms with van der Waals surface area (Å²) in [7, 11) is 0. The molecule has 0 unspecified atom stereocenters. The molecule has 1 aromatic heterocycles. The second kappa shape index (κ2) is 15.3. The van der Waals surface area contributed by atoms with Gasteiger partial charge in [-0.15, -0.1) is 0 Å². The molecule has 0 N–H and O–H groups in total. The van der Waals surface area contributed by atoms with Crippen molar-refractivity contribution in [1.29, 1.82) is 0 Å². The van der Waals surface area contributed by atoms with E-state index in [9.17, 15) is 5.48 Å². The Morgan fingerprint density at radius 2 is 1.06 bits per heavy atom. The summed E-state index contributed by atoms with van der Waals surface area (Å²) >= 11 is 0. The van der Waals surface area contributed by atoms with Crippen molar-refractivity contribution < 1.29 is 18.1 Å². The van der Waals surface area contributed by atoms with Crippen molar-refractivity contribution in [3.8, 4) is 22.3 Å². The SMILES string of the molecule is [2H]c1c([2H])c([2H])c(N(c2ccc(C(C)(C)C)cc2)c2ccc3c(c2)oc2ccc4c(c23)C2(c3cc(N(c5ccc(C(C)(C)C)cc5)c5c([2H])c([2H])c([2H])c([2H])c5[2H])c5c(c3-4)C(C)(C)c3ccccc3-5)C3CC4CC(C3)CC2C4)c([2H])c1[2H]. The number of fused-ring (bicyclic) bond motifs is 11. The van der Waals surface area contributed by atoms with Crippen LogP contribution in [0.1, 0.15) is 135 Å². The fraction of sp³-hybridized carbons (Fsp3) is 0.304. The van der Waals surface area contributed by atoms with Gasteiger partial charge in [-0.1, -0.05) is 146 Å². The van der Waals surface area contributed by atoms with E-state index >= 15 is 0 Å². The Bertz CT molecular complexity index is 4150. The number of furan rings is 1. The van der Waals surface area contributed by atoms with Crippen molar-refractivity contribution in [2.45, 2.75) is 109 Å². The minimum atomic E-state index is -0.539. The average Bonchev–Trinajstić information content (AvgIpc) is 2.04. The monoisotopic (exact) mass is 949 g/mol. The lowest BCUT2D eigenvalue weighted by molar-refractivity contribution is -0.0393. The number of benzene rings is 8. The van der Waals surface area contributed by atoms with Crippen LogP contribution in [0.15, 0.2) is 174 Å². The summed E-state index contributed by atoms with van der Waals surface area (Å²) < 4.78 is 98.1. The molecule has 9 aromatic rings. The molecule has 0 aliphatic heterocycles. The Hall–Kier alpha value is -6.84. The molecule has 0 radical (unpaired) electrons. The van der Waals surface area contributed by atoms with Gasteiger partial charge in [-0.2, -0.15) is 0 Å². The largest absolute Gasteiger partial charge is 0.456 e. The van der Waals surface area contributed by atoms with E-state index < -0.39 is 35.0 Å². The van der Waals surface area contributed by atoms with Crippen LogP contribution < -0.4 is 9.80 Å². The molecule has 0 atom stereocenters. The molecule has 4 saturated carbocycles. The van der Waals surface area contributed by atoms with E-state index in [0.717, 1.165) is 81.1 Å². The highest BCUT2D eigenvalue weighted by Gasteiger charge is 2.63. The predicted octanol–water partition coefficient (Wildman–Crippen LogP) is 19.1. The first-order valence-electron chi connectivity index (χ1n) is 31.1. The summed E-state index contributed by atoms with van der Waals surface area (Å²) in [6, 6.07) is 34.1. The normalized spacial score (nSPS) is 24.0. The maximum Gasteiger partial charge on any atom is 0.137 e. The molecule has 6 aliphatic carbocycles. The molecule has 358 valence electrons. The van der Waals surface area contributed by atoms with Crippen molar-refractivity contribution in [1.82, 2.24) is 0 Å². The fourth-order valence-electron chi connectivity index (χ4n) is 15.0. The molecular formula is C69H66N2O. The Balaban J connectivity index is 1.07. The van der Waals surface area contributed by atoms with E-state index in [-0.39, 0.29) is 70.3 Å². The van der Waals surface area contributed by atoms with Crippen LogP contribution in [0.2, 0.25) is 0 Å². The zero-order chi connectivity index (χ0) is 57.8. The van der Waals surface area contributed by atoms with Gasteiger partial charge in [-0.25, -0.2) is 0 Å². The lowest BCUT2D eigenvalue weighted by Gasteiger charge is -2.61. The van der Waals surface area contributed by atoms with Gasteiger partial charge in [0.05, 0.1) is 19.4 Å². The Labute approximate surface area is 440 Å². The van der Waals surface area contributed by atoms with Gasteiger partial charge in [0.15, 0.2) is 0 Å². The average molecular weight is 949 g/mol. The summed E-state index contributed by atoms with van der Waals surface area (Å²) in [5, 5.41) is 1.98. The van der Waals surface area contributed by atoms with E-state index in [1.165, 1.54) is 28.7 Å². The van der Waals surface area contributed by atoms with Crippen LogP contribution in [-0.2, 0) is 21.7 Å². The lowest BCUT2D eigenvalue weighted by atomic mass is 9.43. The summed E-state index contributed by atoms with van der Waals surface area (Å²) in [5.74, 6) is 1.80. The van der Waals surface area contributed by atoms with Crippen molar-refractivity contribution in [3.63, 3.8) is 0 Å². The molecule has 0 amide bonds. The van der Waals surface area contributed by atoms with Crippen molar-refractivity contribution in [2.24, 2.45) is 23.7 Å². The van der Waals surface area contributed by atoms with Crippen LogP contribution in [0.4, 0.5) is 34.1 Å². The zero-order valence-corrected chi connectivity index (χ0v) is 42.5. The minimum absolute atomic E-state index is 0.0462. The molecule has 3 nitrogen and oxygen atoms in total. The predicted molar refractivity (Wildman–Crippen MR) is 301 cm³/mol. The van der Waals surface area contributed by atoms with Gasteiger partial charge < -0.3 is 14.2 Å². The molecule has 1 heterocycles. The van der Waals surface area contributed by atoms with Gasteiger partial charge in [-0.05, 0) is 189 Å². The van der Waals surface area contributed by atoms with E-state index in [0.29, 0.717) is 34.5 Å². The number of hydrogen-bond donors (Lipinski definition) is 0. The highest BCUT2D eigenvalue weighted by molar-refractivity contribution is 6.14. The first-order valence-corrected chi connectivity index (χ1v) is 26.1. The highest BCUT2D eigenvalue weighted by Crippen LogP contribution is 2.73. The lowest BCUT2D eigenvalue weighted by Crippen LogP contribution is -2.55. The van der Waals surface area contributed by atoms with Gasteiger partial charge in [0.2, 0.25) is 0 Å².